The van der Waals surface area contributed by atoms with Crippen molar-refractivity contribution < 1.29 is 4.74 Å². The van der Waals surface area contributed by atoms with Crippen molar-refractivity contribution in [3.05, 3.63) is 29.0 Å². The second kappa shape index (κ2) is 6.77. The first kappa shape index (κ1) is 12.4. The minimum absolute atomic E-state index is 0.296. The standard InChI is InChI=1S/C11H17ClN2O/c1-3-15-8-10(13-2)6-9-4-5-14-7-11(9)12/h4-5,7,10,13H,3,6,8H2,1-2H3. The lowest BCUT2D eigenvalue weighted by molar-refractivity contribution is 0.125. The van der Waals surface area contributed by atoms with E-state index in [4.69, 9.17) is 16.3 Å². The van der Waals surface area contributed by atoms with Gasteiger partial charge in [0.25, 0.3) is 0 Å². The summed E-state index contributed by atoms with van der Waals surface area (Å²) in [6.07, 6.45) is 4.29. The SMILES string of the molecule is CCOCC(Cc1ccncc1Cl)NC. The van der Waals surface area contributed by atoms with Gasteiger partial charge in [-0.1, -0.05) is 11.6 Å². The van der Waals surface area contributed by atoms with Crippen molar-refractivity contribution in [1.82, 2.24) is 10.3 Å². The van der Waals surface area contributed by atoms with Crippen LogP contribution in [0.1, 0.15) is 12.5 Å². The van der Waals surface area contributed by atoms with Gasteiger partial charge in [-0.3, -0.25) is 4.98 Å². The van der Waals surface area contributed by atoms with E-state index in [9.17, 15) is 0 Å². The molecule has 1 aromatic heterocycles. The molecule has 0 saturated heterocycles. The summed E-state index contributed by atoms with van der Waals surface area (Å²) in [4.78, 5) is 3.96. The molecule has 1 rings (SSSR count). The molecule has 84 valence electrons. The molecule has 1 atom stereocenters. The van der Waals surface area contributed by atoms with Crippen LogP contribution in [0.5, 0.6) is 0 Å². The Morgan fingerprint density at radius 3 is 3.00 bits per heavy atom. The highest BCUT2D eigenvalue weighted by Crippen LogP contribution is 2.15. The highest BCUT2D eigenvalue weighted by molar-refractivity contribution is 6.31. The minimum Gasteiger partial charge on any atom is -0.380 e. The molecule has 3 nitrogen and oxygen atoms in total. The van der Waals surface area contributed by atoms with E-state index in [-0.39, 0.29) is 0 Å². The molecule has 0 aromatic carbocycles. The lowest BCUT2D eigenvalue weighted by Crippen LogP contribution is -2.32. The normalized spacial score (nSPS) is 12.7. The lowest BCUT2D eigenvalue weighted by atomic mass is 10.1. The van der Waals surface area contributed by atoms with Crippen molar-refractivity contribution in [2.24, 2.45) is 0 Å². The molecule has 0 aliphatic rings. The van der Waals surface area contributed by atoms with Gasteiger partial charge in [0.15, 0.2) is 0 Å². The smallest absolute Gasteiger partial charge is 0.0622 e. The Labute approximate surface area is 95.8 Å². The van der Waals surface area contributed by atoms with Crippen LogP contribution in [0.3, 0.4) is 0 Å². The average molecular weight is 229 g/mol. The summed E-state index contributed by atoms with van der Waals surface area (Å²) < 4.78 is 5.38. The fraction of sp³-hybridized carbons (Fsp3) is 0.545. The number of hydrogen-bond donors (Lipinski definition) is 1. The van der Waals surface area contributed by atoms with Gasteiger partial charge in [0.1, 0.15) is 0 Å². The molecule has 0 fully saturated rings. The van der Waals surface area contributed by atoms with Crippen LogP contribution >= 0.6 is 11.6 Å². The fourth-order valence-electron chi connectivity index (χ4n) is 1.34. The summed E-state index contributed by atoms with van der Waals surface area (Å²) in [5, 5.41) is 3.93. The van der Waals surface area contributed by atoms with E-state index in [0.29, 0.717) is 17.7 Å². The Kier molecular flexibility index (Phi) is 5.61. The Balaban J connectivity index is 2.54. The second-order valence-electron chi connectivity index (χ2n) is 3.32. The number of nitrogens with one attached hydrogen (secondary N) is 1. The van der Waals surface area contributed by atoms with Crippen molar-refractivity contribution in [2.45, 2.75) is 19.4 Å². The van der Waals surface area contributed by atoms with Crippen LogP contribution in [0.25, 0.3) is 0 Å². The van der Waals surface area contributed by atoms with Gasteiger partial charge in [-0.2, -0.15) is 0 Å². The predicted molar refractivity (Wildman–Crippen MR) is 62.3 cm³/mol. The monoisotopic (exact) mass is 228 g/mol. The number of likely N-dealkylation sites (N-methyl/N-ethyl adjacent to an activating group) is 1. The van der Waals surface area contributed by atoms with Crippen molar-refractivity contribution in [3.63, 3.8) is 0 Å². The summed E-state index contributed by atoms with van der Waals surface area (Å²) in [5.41, 5.74) is 1.10. The molecular weight excluding hydrogens is 212 g/mol. The molecule has 0 radical (unpaired) electrons. The molecule has 4 heteroatoms. The number of aromatic nitrogens is 1. The number of pyridine rings is 1. The van der Waals surface area contributed by atoms with Crippen molar-refractivity contribution in [3.8, 4) is 0 Å². The number of hydrogen-bond acceptors (Lipinski definition) is 3. The third-order valence-electron chi connectivity index (χ3n) is 2.25. The maximum Gasteiger partial charge on any atom is 0.0622 e. The third kappa shape index (κ3) is 4.16. The van der Waals surface area contributed by atoms with Gasteiger partial charge >= 0.3 is 0 Å². The number of nitrogens with zero attached hydrogens (tertiary/aromatic N) is 1. The zero-order valence-corrected chi connectivity index (χ0v) is 9.92. The third-order valence-corrected chi connectivity index (χ3v) is 2.59. The molecule has 1 heterocycles. The Hall–Kier alpha value is -0.640. The lowest BCUT2D eigenvalue weighted by Gasteiger charge is -2.16. The van der Waals surface area contributed by atoms with Gasteiger partial charge in [0.2, 0.25) is 0 Å². The summed E-state index contributed by atoms with van der Waals surface area (Å²) >= 11 is 6.03. The largest absolute Gasteiger partial charge is 0.380 e. The first-order valence-corrected chi connectivity index (χ1v) is 5.49. The Bertz CT molecular complexity index is 294. The van der Waals surface area contributed by atoms with Crippen LogP contribution in [0, 0.1) is 0 Å². The molecule has 1 unspecified atom stereocenters. The molecule has 1 N–H and O–H groups in total. The highest BCUT2D eigenvalue weighted by Gasteiger charge is 2.09. The summed E-state index contributed by atoms with van der Waals surface area (Å²) in [6.45, 7) is 3.43. The van der Waals surface area contributed by atoms with Crippen LogP contribution in [0.15, 0.2) is 18.5 Å². The maximum absolute atomic E-state index is 6.03. The zero-order valence-electron chi connectivity index (χ0n) is 9.16. The minimum atomic E-state index is 0.296. The second-order valence-corrected chi connectivity index (χ2v) is 3.72. The summed E-state index contributed by atoms with van der Waals surface area (Å²) in [5.74, 6) is 0. The van der Waals surface area contributed by atoms with Crippen LogP contribution in [-0.2, 0) is 11.2 Å². The molecule has 0 aliphatic carbocycles. The Morgan fingerprint density at radius 1 is 1.60 bits per heavy atom. The molecule has 0 amide bonds. The molecule has 0 bridgehead atoms. The molecule has 0 saturated carbocycles. The van der Waals surface area contributed by atoms with Crippen molar-refractivity contribution in [2.75, 3.05) is 20.3 Å². The first-order chi connectivity index (χ1) is 7.27. The van der Waals surface area contributed by atoms with Crippen molar-refractivity contribution in [1.29, 1.82) is 0 Å². The molecule has 15 heavy (non-hydrogen) atoms. The molecular formula is C11H17ClN2O. The van der Waals surface area contributed by atoms with E-state index in [0.717, 1.165) is 18.6 Å². The highest BCUT2D eigenvalue weighted by atomic mass is 35.5. The maximum atomic E-state index is 6.03. The van der Waals surface area contributed by atoms with Gasteiger partial charge in [-0.05, 0) is 32.0 Å². The van der Waals surface area contributed by atoms with Crippen molar-refractivity contribution >= 4 is 11.6 Å². The van der Waals surface area contributed by atoms with Crippen LogP contribution in [0.2, 0.25) is 5.02 Å². The van der Waals surface area contributed by atoms with Gasteiger partial charge in [0.05, 0.1) is 11.6 Å². The average Bonchev–Trinajstić information content (AvgIpc) is 2.26. The zero-order chi connectivity index (χ0) is 11.1. The van der Waals surface area contributed by atoms with Gasteiger partial charge in [-0.15, -0.1) is 0 Å². The number of halogens is 1. The van der Waals surface area contributed by atoms with E-state index < -0.39 is 0 Å². The quantitative estimate of drug-likeness (QED) is 0.808. The Morgan fingerprint density at radius 2 is 2.40 bits per heavy atom. The van der Waals surface area contributed by atoms with Gasteiger partial charge in [-0.25, -0.2) is 0 Å². The van der Waals surface area contributed by atoms with E-state index in [1.165, 1.54) is 0 Å². The summed E-state index contributed by atoms with van der Waals surface area (Å²) in [7, 11) is 1.93. The summed E-state index contributed by atoms with van der Waals surface area (Å²) in [6, 6.07) is 2.24. The van der Waals surface area contributed by atoms with E-state index in [2.05, 4.69) is 10.3 Å². The van der Waals surface area contributed by atoms with Crippen LogP contribution in [0.4, 0.5) is 0 Å². The number of ether oxygens (including phenoxy) is 1. The molecule has 0 spiro atoms. The van der Waals surface area contributed by atoms with Crippen LogP contribution < -0.4 is 5.32 Å². The van der Waals surface area contributed by atoms with E-state index >= 15 is 0 Å². The van der Waals surface area contributed by atoms with Gasteiger partial charge < -0.3 is 10.1 Å². The van der Waals surface area contributed by atoms with E-state index in [1.54, 1.807) is 12.4 Å². The first-order valence-electron chi connectivity index (χ1n) is 5.11. The molecule has 0 aliphatic heterocycles. The topological polar surface area (TPSA) is 34.1 Å². The van der Waals surface area contributed by atoms with Gasteiger partial charge in [0, 0.05) is 25.0 Å². The fourth-order valence-corrected chi connectivity index (χ4v) is 1.54. The number of rotatable bonds is 6. The van der Waals surface area contributed by atoms with Crippen LogP contribution in [-0.4, -0.2) is 31.3 Å². The van der Waals surface area contributed by atoms with E-state index in [1.807, 2.05) is 20.0 Å². The molecule has 1 aromatic rings. The predicted octanol–water partition coefficient (Wildman–Crippen LogP) is 1.90.